The lowest BCUT2D eigenvalue weighted by Crippen LogP contribution is -2.60. The summed E-state index contributed by atoms with van der Waals surface area (Å²) in [5, 5.41) is 13.0. The van der Waals surface area contributed by atoms with Crippen molar-refractivity contribution in [1.82, 2.24) is 29.1 Å². The van der Waals surface area contributed by atoms with Crippen molar-refractivity contribution in [3.63, 3.8) is 0 Å². The monoisotopic (exact) mass is 395 g/mol. The molecule has 0 atom stereocenters. The summed E-state index contributed by atoms with van der Waals surface area (Å²) in [5.41, 5.74) is 1.16. The van der Waals surface area contributed by atoms with Gasteiger partial charge in [-0.3, -0.25) is 4.98 Å². The summed E-state index contributed by atoms with van der Waals surface area (Å²) in [5.74, 6) is 0.765. The number of aromatic nitrogens is 5. The van der Waals surface area contributed by atoms with E-state index >= 15 is 0 Å². The summed E-state index contributed by atoms with van der Waals surface area (Å²) in [6.45, 7) is 1.13. The van der Waals surface area contributed by atoms with Crippen molar-refractivity contribution in [2.45, 2.75) is 10.9 Å². The molecule has 0 radical (unpaired) electrons. The lowest BCUT2D eigenvalue weighted by molar-refractivity contribution is 0.309. The third-order valence-electron chi connectivity index (χ3n) is 5.10. The molecule has 3 aromatic heterocycles. The van der Waals surface area contributed by atoms with Crippen LogP contribution in [-0.2, 0) is 10.0 Å². The highest BCUT2D eigenvalue weighted by Crippen LogP contribution is 2.28. The molecule has 0 saturated carbocycles. The van der Waals surface area contributed by atoms with E-state index in [1.165, 1.54) is 4.31 Å². The lowest BCUT2D eigenvalue weighted by atomic mass is 10.1. The minimum atomic E-state index is -3.66. The van der Waals surface area contributed by atoms with Crippen molar-refractivity contribution >= 4 is 32.4 Å². The Balaban J connectivity index is 1.38. The Morgan fingerprint density at radius 2 is 1.93 bits per heavy atom. The summed E-state index contributed by atoms with van der Waals surface area (Å²) in [6.07, 6.45) is 3.15. The Labute approximate surface area is 161 Å². The molecule has 0 unspecified atom stereocenters. The number of para-hydroxylation sites is 1. The molecule has 1 aromatic carbocycles. The van der Waals surface area contributed by atoms with Gasteiger partial charge >= 0.3 is 0 Å². The lowest BCUT2D eigenvalue weighted by Gasteiger charge is -2.43. The zero-order valence-electron chi connectivity index (χ0n) is 15.0. The van der Waals surface area contributed by atoms with Crippen LogP contribution in [0.3, 0.4) is 0 Å². The molecule has 0 N–H and O–H groups in total. The van der Waals surface area contributed by atoms with Crippen LogP contribution in [0.5, 0.6) is 0 Å². The minimum absolute atomic E-state index is 0.137. The second-order valence-electron chi connectivity index (χ2n) is 6.74. The van der Waals surface area contributed by atoms with Crippen LogP contribution >= 0.6 is 0 Å². The molecule has 4 aromatic rings. The molecule has 1 fully saturated rings. The SMILES string of the molecule is CN(C1CN(c2ccc3nncn3n2)C1)S(=O)(=O)c1cccc2cccnc12. The zero-order chi connectivity index (χ0) is 19.3. The number of rotatable bonds is 4. The van der Waals surface area contributed by atoms with Gasteiger partial charge in [-0.25, -0.2) is 8.42 Å². The summed E-state index contributed by atoms with van der Waals surface area (Å²) in [7, 11) is -2.04. The topological polar surface area (TPSA) is 96.6 Å². The molecule has 4 heterocycles. The van der Waals surface area contributed by atoms with Crippen molar-refractivity contribution in [2.75, 3.05) is 25.0 Å². The van der Waals surface area contributed by atoms with Gasteiger partial charge in [0.2, 0.25) is 10.0 Å². The fourth-order valence-electron chi connectivity index (χ4n) is 3.40. The van der Waals surface area contributed by atoms with E-state index in [1.807, 2.05) is 29.2 Å². The first kappa shape index (κ1) is 17.0. The van der Waals surface area contributed by atoms with Crippen molar-refractivity contribution in [3.8, 4) is 0 Å². The Morgan fingerprint density at radius 1 is 1.11 bits per heavy atom. The van der Waals surface area contributed by atoms with Gasteiger partial charge in [0.25, 0.3) is 0 Å². The molecule has 1 saturated heterocycles. The van der Waals surface area contributed by atoms with Gasteiger partial charge in [-0.2, -0.15) is 8.82 Å². The Hall–Kier alpha value is -3.11. The van der Waals surface area contributed by atoms with E-state index in [0.29, 0.717) is 24.3 Å². The predicted octanol–water partition coefficient (Wildman–Crippen LogP) is 1.18. The minimum Gasteiger partial charge on any atom is -0.352 e. The molecule has 0 amide bonds. The summed E-state index contributed by atoms with van der Waals surface area (Å²) in [4.78, 5) is 6.54. The molecule has 0 spiro atoms. The number of hydrogen-bond acceptors (Lipinski definition) is 7. The molecule has 0 bridgehead atoms. The van der Waals surface area contributed by atoms with Crippen LogP contribution in [0.15, 0.2) is 59.9 Å². The van der Waals surface area contributed by atoms with E-state index in [-0.39, 0.29) is 10.9 Å². The fourth-order valence-corrected chi connectivity index (χ4v) is 4.90. The molecule has 28 heavy (non-hydrogen) atoms. The van der Waals surface area contributed by atoms with Gasteiger partial charge in [0.05, 0.1) is 11.6 Å². The van der Waals surface area contributed by atoms with Crippen molar-refractivity contribution < 1.29 is 8.42 Å². The Bertz CT molecular complexity index is 1280. The highest BCUT2D eigenvalue weighted by Gasteiger charge is 2.38. The van der Waals surface area contributed by atoms with Gasteiger partial charge in [0, 0.05) is 31.7 Å². The van der Waals surface area contributed by atoms with E-state index < -0.39 is 10.0 Å². The number of likely N-dealkylation sites (N-methyl/N-ethyl adjacent to an activating group) is 1. The fraction of sp³-hybridized carbons (Fsp3) is 0.222. The molecule has 1 aliphatic rings. The van der Waals surface area contributed by atoms with Crippen molar-refractivity contribution in [2.24, 2.45) is 0 Å². The molecular formula is C18H17N7O2S. The maximum Gasteiger partial charge on any atom is 0.245 e. The molecule has 142 valence electrons. The van der Waals surface area contributed by atoms with Gasteiger partial charge in [-0.15, -0.1) is 15.3 Å². The predicted molar refractivity (Wildman–Crippen MR) is 103 cm³/mol. The van der Waals surface area contributed by atoms with Crippen LogP contribution in [0.1, 0.15) is 0 Å². The summed E-state index contributed by atoms with van der Waals surface area (Å²) < 4.78 is 29.4. The molecular weight excluding hydrogens is 378 g/mol. The average Bonchev–Trinajstić information content (AvgIpc) is 3.14. The molecule has 9 nitrogen and oxygen atoms in total. The first-order valence-corrected chi connectivity index (χ1v) is 10.2. The maximum absolute atomic E-state index is 13.2. The van der Waals surface area contributed by atoms with Crippen molar-refractivity contribution in [3.05, 3.63) is 55.0 Å². The van der Waals surface area contributed by atoms with E-state index in [9.17, 15) is 8.42 Å². The van der Waals surface area contributed by atoms with Gasteiger partial charge in [0.15, 0.2) is 5.65 Å². The number of sulfonamides is 1. The zero-order valence-corrected chi connectivity index (χ0v) is 15.9. The van der Waals surface area contributed by atoms with Crippen LogP contribution in [0.25, 0.3) is 16.6 Å². The van der Waals surface area contributed by atoms with Crippen LogP contribution in [-0.4, -0.2) is 63.7 Å². The average molecular weight is 395 g/mol. The van der Waals surface area contributed by atoms with Gasteiger partial charge in [-0.1, -0.05) is 18.2 Å². The third kappa shape index (κ3) is 2.60. The van der Waals surface area contributed by atoms with E-state index in [4.69, 9.17) is 0 Å². The smallest absolute Gasteiger partial charge is 0.245 e. The van der Waals surface area contributed by atoms with Gasteiger partial charge in [-0.05, 0) is 24.3 Å². The number of hydrogen-bond donors (Lipinski definition) is 0. The van der Waals surface area contributed by atoms with E-state index in [2.05, 4.69) is 20.3 Å². The molecule has 0 aliphatic carbocycles. The molecule has 5 rings (SSSR count). The van der Waals surface area contributed by atoms with E-state index in [0.717, 1.165) is 11.2 Å². The highest BCUT2D eigenvalue weighted by atomic mass is 32.2. The molecule has 1 aliphatic heterocycles. The second-order valence-corrected chi connectivity index (χ2v) is 8.70. The van der Waals surface area contributed by atoms with Gasteiger partial charge < -0.3 is 4.90 Å². The number of benzene rings is 1. The summed E-state index contributed by atoms with van der Waals surface area (Å²) >= 11 is 0. The van der Waals surface area contributed by atoms with Crippen molar-refractivity contribution in [1.29, 1.82) is 0 Å². The number of fused-ring (bicyclic) bond motifs is 2. The summed E-state index contributed by atoms with van der Waals surface area (Å²) in [6, 6.07) is 12.4. The number of nitrogens with zero attached hydrogens (tertiary/aromatic N) is 7. The first-order valence-electron chi connectivity index (χ1n) is 8.78. The molecule has 10 heteroatoms. The van der Waals surface area contributed by atoms with Crippen LogP contribution in [0.2, 0.25) is 0 Å². The normalized spacial score (nSPS) is 15.4. The van der Waals surface area contributed by atoms with Crippen LogP contribution < -0.4 is 4.90 Å². The largest absolute Gasteiger partial charge is 0.352 e. The highest BCUT2D eigenvalue weighted by molar-refractivity contribution is 7.89. The van der Waals surface area contributed by atoms with Crippen LogP contribution in [0, 0.1) is 0 Å². The first-order chi connectivity index (χ1) is 13.5. The second kappa shape index (κ2) is 6.21. The Kier molecular flexibility index (Phi) is 3.78. The number of anilines is 1. The standard InChI is InChI=1S/C18H17N7O2S/c1-23(28(26,27)15-6-2-4-13-5-3-9-19-18(13)15)14-10-24(11-14)17-8-7-16-21-20-12-25(16)22-17/h2-9,12,14H,10-11H2,1H3. The maximum atomic E-state index is 13.2. The third-order valence-corrected chi connectivity index (χ3v) is 7.04. The quantitative estimate of drug-likeness (QED) is 0.512. The Morgan fingerprint density at radius 3 is 2.79 bits per heavy atom. The van der Waals surface area contributed by atoms with Crippen LogP contribution in [0.4, 0.5) is 5.82 Å². The number of pyridine rings is 1. The van der Waals surface area contributed by atoms with Gasteiger partial charge in [0.1, 0.15) is 17.0 Å². The van der Waals surface area contributed by atoms with E-state index in [1.54, 1.807) is 42.3 Å².